The van der Waals surface area contributed by atoms with Crippen LogP contribution >= 0.6 is 0 Å². The molecule has 1 atom stereocenters. The van der Waals surface area contributed by atoms with E-state index in [9.17, 15) is 4.79 Å². The summed E-state index contributed by atoms with van der Waals surface area (Å²) < 4.78 is 5.29. The minimum atomic E-state index is -0.196. The van der Waals surface area contributed by atoms with E-state index in [0.717, 1.165) is 22.4 Å². The Morgan fingerprint density at radius 2 is 2.08 bits per heavy atom. The van der Waals surface area contributed by atoms with Gasteiger partial charge in [0.15, 0.2) is 0 Å². The molecule has 5 heteroatoms. The lowest BCUT2D eigenvalue weighted by Crippen LogP contribution is -2.42. The van der Waals surface area contributed by atoms with E-state index in [4.69, 9.17) is 4.74 Å². The van der Waals surface area contributed by atoms with E-state index >= 15 is 0 Å². The average molecular weight is 341 g/mol. The van der Waals surface area contributed by atoms with Gasteiger partial charge in [0.25, 0.3) is 0 Å². The van der Waals surface area contributed by atoms with E-state index in [0.29, 0.717) is 19.9 Å². The summed E-state index contributed by atoms with van der Waals surface area (Å²) in [5, 5.41) is 2.98. The first kappa shape index (κ1) is 19.1. The fraction of sp³-hybridized carbons (Fsp3) is 0.400. The molecule has 0 spiro atoms. The van der Waals surface area contributed by atoms with Gasteiger partial charge in [0.2, 0.25) is 5.91 Å². The van der Waals surface area contributed by atoms with Crippen molar-refractivity contribution in [3.63, 3.8) is 0 Å². The predicted molar refractivity (Wildman–Crippen MR) is 102 cm³/mol. The van der Waals surface area contributed by atoms with Crippen LogP contribution in [-0.2, 0) is 16.1 Å². The number of rotatable bonds is 6. The number of amides is 1. The number of allylic oxidation sites excluding steroid dienone is 4. The summed E-state index contributed by atoms with van der Waals surface area (Å²) in [4.78, 5) is 18.5. The molecule has 134 valence electrons. The highest BCUT2D eigenvalue weighted by atomic mass is 16.5. The largest absolute Gasteiger partial charge is 0.364 e. The second-order valence-electron chi connectivity index (χ2n) is 6.07. The molecule has 1 unspecified atom stereocenters. The summed E-state index contributed by atoms with van der Waals surface area (Å²) in [6, 6.07) is 8.01. The molecule has 0 radical (unpaired) electrons. The van der Waals surface area contributed by atoms with E-state index in [1.807, 2.05) is 50.9 Å². The molecule has 1 aliphatic rings. The smallest absolute Gasteiger partial charge is 0.240 e. The maximum Gasteiger partial charge on any atom is 0.240 e. The third kappa shape index (κ3) is 5.11. The van der Waals surface area contributed by atoms with Crippen LogP contribution in [0.25, 0.3) is 5.57 Å². The quantitative estimate of drug-likeness (QED) is 0.639. The first-order valence-electron chi connectivity index (χ1n) is 8.54. The monoisotopic (exact) mass is 341 g/mol. The SMILES string of the molecule is CC=N/C(C)=C(\C=C\C)c1ccc(CNC(=O)C2COCN2C)cc1. The number of ether oxygens (including phenoxy) is 1. The lowest BCUT2D eigenvalue weighted by molar-refractivity contribution is -0.124. The van der Waals surface area contributed by atoms with Crippen LogP contribution in [0.3, 0.4) is 0 Å². The molecule has 25 heavy (non-hydrogen) atoms. The molecule has 1 aliphatic heterocycles. The molecule has 1 fully saturated rings. The molecular weight excluding hydrogens is 314 g/mol. The molecule has 0 aromatic heterocycles. The predicted octanol–water partition coefficient (Wildman–Crippen LogP) is 2.99. The topological polar surface area (TPSA) is 53.9 Å². The van der Waals surface area contributed by atoms with Crippen molar-refractivity contribution in [2.45, 2.75) is 33.4 Å². The van der Waals surface area contributed by atoms with Gasteiger partial charge in [-0.2, -0.15) is 0 Å². The number of aliphatic imine (C=N–C) groups is 1. The number of carbonyl (C=O) groups excluding carboxylic acids is 1. The Hall–Kier alpha value is -2.24. The van der Waals surface area contributed by atoms with Gasteiger partial charge in [-0.1, -0.05) is 36.4 Å². The van der Waals surface area contributed by atoms with Crippen LogP contribution in [0, 0.1) is 0 Å². The Labute approximate surface area is 150 Å². The van der Waals surface area contributed by atoms with Crippen molar-refractivity contribution >= 4 is 17.7 Å². The van der Waals surface area contributed by atoms with E-state index in [2.05, 4.69) is 28.5 Å². The zero-order valence-electron chi connectivity index (χ0n) is 15.5. The summed E-state index contributed by atoms with van der Waals surface area (Å²) in [6.07, 6.45) is 5.87. The first-order chi connectivity index (χ1) is 12.1. The fourth-order valence-electron chi connectivity index (χ4n) is 2.77. The van der Waals surface area contributed by atoms with E-state index < -0.39 is 0 Å². The Kier molecular flexibility index (Phi) is 7.10. The van der Waals surface area contributed by atoms with Crippen LogP contribution in [0.4, 0.5) is 0 Å². The van der Waals surface area contributed by atoms with Gasteiger partial charge >= 0.3 is 0 Å². The molecule has 5 nitrogen and oxygen atoms in total. The summed E-state index contributed by atoms with van der Waals surface area (Å²) >= 11 is 0. The van der Waals surface area contributed by atoms with Crippen LogP contribution in [0.1, 0.15) is 31.9 Å². The highest BCUT2D eigenvalue weighted by molar-refractivity contribution is 5.82. The standard InChI is InChI=1S/C20H27N3O2/c1-5-7-18(15(3)21-6-2)17-10-8-16(9-11-17)12-22-20(24)19-13-25-14-23(19)4/h5-11,19H,12-14H2,1-4H3,(H,22,24)/b7-5+,18-15+,21-6?. The molecule has 2 rings (SSSR count). The second kappa shape index (κ2) is 9.30. The van der Waals surface area contributed by atoms with Gasteiger partial charge in [0, 0.05) is 24.0 Å². The third-order valence-corrected chi connectivity index (χ3v) is 4.18. The van der Waals surface area contributed by atoms with Crippen LogP contribution in [-0.4, -0.2) is 43.4 Å². The van der Waals surface area contributed by atoms with Crippen molar-refractivity contribution in [2.24, 2.45) is 4.99 Å². The molecule has 0 bridgehead atoms. The highest BCUT2D eigenvalue weighted by Crippen LogP contribution is 2.21. The maximum atomic E-state index is 12.2. The molecule has 1 amide bonds. The van der Waals surface area contributed by atoms with Gasteiger partial charge in [0.05, 0.1) is 13.3 Å². The average Bonchev–Trinajstić information content (AvgIpc) is 3.04. The molecule has 1 aromatic carbocycles. The van der Waals surface area contributed by atoms with Crippen molar-refractivity contribution < 1.29 is 9.53 Å². The summed E-state index contributed by atoms with van der Waals surface area (Å²) in [6.45, 7) is 7.39. The minimum Gasteiger partial charge on any atom is -0.364 e. The van der Waals surface area contributed by atoms with Crippen molar-refractivity contribution in [3.05, 3.63) is 53.2 Å². The van der Waals surface area contributed by atoms with E-state index in [1.54, 1.807) is 6.21 Å². The minimum absolute atomic E-state index is 0.00621. The normalized spacial score (nSPS) is 19.6. The van der Waals surface area contributed by atoms with Gasteiger partial charge in [-0.3, -0.25) is 14.7 Å². The Morgan fingerprint density at radius 1 is 1.36 bits per heavy atom. The van der Waals surface area contributed by atoms with Crippen molar-refractivity contribution in [2.75, 3.05) is 20.4 Å². The van der Waals surface area contributed by atoms with Crippen molar-refractivity contribution in [1.82, 2.24) is 10.2 Å². The number of likely N-dealkylation sites (N-methyl/N-ethyl adjacent to an activating group) is 1. The molecule has 0 aliphatic carbocycles. The second-order valence-corrected chi connectivity index (χ2v) is 6.07. The van der Waals surface area contributed by atoms with Gasteiger partial charge < -0.3 is 10.1 Å². The summed E-state index contributed by atoms with van der Waals surface area (Å²) in [7, 11) is 1.89. The highest BCUT2D eigenvalue weighted by Gasteiger charge is 2.28. The Balaban J connectivity index is 2.04. The van der Waals surface area contributed by atoms with Crippen molar-refractivity contribution in [3.8, 4) is 0 Å². The van der Waals surface area contributed by atoms with Gasteiger partial charge in [-0.05, 0) is 38.9 Å². The number of hydrogen-bond donors (Lipinski definition) is 1. The lowest BCUT2D eigenvalue weighted by atomic mass is 10.0. The van der Waals surface area contributed by atoms with E-state index in [1.165, 1.54) is 0 Å². The fourth-order valence-corrected chi connectivity index (χ4v) is 2.77. The first-order valence-corrected chi connectivity index (χ1v) is 8.54. The maximum absolute atomic E-state index is 12.2. The lowest BCUT2D eigenvalue weighted by Gasteiger charge is -2.16. The summed E-state index contributed by atoms with van der Waals surface area (Å²) in [5.74, 6) is 0.00621. The van der Waals surface area contributed by atoms with Crippen LogP contribution in [0.2, 0.25) is 0 Å². The zero-order chi connectivity index (χ0) is 18.2. The van der Waals surface area contributed by atoms with Crippen molar-refractivity contribution in [1.29, 1.82) is 0 Å². The molecule has 1 saturated heterocycles. The van der Waals surface area contributed by atoms with Gasteiger partial charge in [-0.25, -0.2) is 0 Å². The number of nitrogens with zero attached hydrogens (tertiary/aromatic N) is 2. The molecular formula is C20H27N3O2. The Morgan fingerprint density at radius 3 is 2.64 bits per heavy atom. The van der Waals surface area contributed by atoms with Gasteiger partial charge in [0.1, 0.15) is 6.04 Å². The van der Waals surface area contributed by atoms with Crippen LogP contribution < -0.4 is 5.32 Å². The molecule has 1 N–H and O–H groups in total. The summed E-state index contributed by atoms with van der Waals surface area (Å²) in [5.41, 5.74) is 4.25. The molecule has 1 aromatic rings. The number of benzene rings is 1. The van der Waals surface area contributed by atoms with Gasteiger partial charge in [-0.15, -0.1) is 0 Å². The van der Waals surface area contributed by atoms with Crippen LogP contribution in [0.15, 0.2) is 47.1 Å². The number of nitrogens with one attached hydrogen (secondary N) is 1. The molecule has 1 heterocycles. The Bertz CT molecular complexity index is 675. The number of hydrogen-bond acceptors (Lipinski definition) is 4. The zero-order valence-corrected chi connectivity index (χ0v) is 15.5. The van der Waals surface area contributed by atoms with Crippen LogP contribution in [0.5, 0.6) is 0 Å². The third-order valence-electron chi connectivity index (χ3n) is 4.18. The number of carbonyl (C=O) groups is 1. The molecule has 0 saturated carbocycles. The van der Waals surface area contributed by atoms with E-state index in [-0.39, 0.29) is 11.9 Å².